The van der Waals surface area contributed by atoms with Gasteiger partial charge in [-0.3, -0.25) is 0 Å². The molecule has 0 atom stereocenters. The third kappa shape index (κ3) is 4.98. The molecule has 1 aromatic carbocycles. The quantitative estimate of drug-likeness (QED) is 0.473. The summed E-state index contributed by atoms with van der Waals surface area (Å²) in [5.41, 5.74) is 2.64. The van der Waals surface area contributed by atoms with Crippen LogP contribution in [0.3, 0.4) is 0 Å². The number of rotatable bonds is 7. The Morgan fingerprint density at radius 1 is 1.23 bits per heavy atom. The largest absolute Gasteiger partial charge is 0.370 e. The van der Waals surface area contributed by atoms with E-state index in [1.165, 1.54) is 43.7 Å². The van der Waals surface area contributed by atoms with E-state index in [2.05, 4.69) is 83.1 Å². The minimum atomic E-state index is 0.385. The average molecular weight is 412 g/mol. The van der Waals surface area contributed by atoms with Gasteiger partial charge in [0.15, 0.2) is 0 Å². The van der Waals surface area contributed by atoms with Crippen molar-refractivity contribution in [3.05, 3.63) is 48.2 Å². The molecule has 3 heteroatoms. The molecule has 1 saturated heterocycles. The first-order chi connectivity index (χ1) is 10.6. The fourth-order valence-corrected chi connectivity index (χ4v) is 3.97. The maximum atomic E-state index is 4.31. The number of likely N-dealkylation sites (tertiary alicyclic amines) is 1. The zero-order valence-electron chi connectivity index (χ0n) is 14.0. The van der Waals surface area contributed by atoms with Crippen molar-refractivity contribution in [3.8, 4) is 0 Å². The van der Waals surface area contributed by atoms with Crippen molar-refractivity contribution in [3.63, 3.8) is 0 Å². The number of allylic oxidation sites excluding steroid dienone is 1. The topological polar surface area (TPSA) is 6.48 Å². The average Bonchev–Trinajstić information content (AvgIpc) is 2.55. The molecule has 122 valence electrons. The van der Waals surface area contributed by atoms with E-state index >= 15 is 0 Å². The van der Waals surface area contributed by atoms with Crippen molar-refractivity contribution in [1.82, 2.24) is 9.80 Å². The lowest BCUT2D eigenvalue weighted by atomic mass is 9.95. The van der Waals surface area contributed by atoms with E-state index in [1.807, 2.05) is 0 Å². The van der Waals surface area contributed by atoms with Crippen LogP contribution in [0.1, 0.15) is 38.7 Å². The molecule has 0 N–H and O–H groups in total. The lowest BCUT2D eigenvalue weighted by molar-refractivity contribution is 0.185. The zero-order chi connectivity index (χ0) is 16.0. The van der Waals surface area contributed by atoms with Gasteiger partial charge in [0.1, 0.15) is 0 Å². The fourth-order valence-electron chi connectivity index (χ4n) is 3.08. The van der Waals surface area contributed by atoms with Crippen LogP contribution in [0.25, 0.3) is 0 Å². The molecule has 1 heterocycles. The van der Waals surface area contributed by atoms with Gasteiger partial charge in [-0.25, -0.2) is 0 Å². The highest BCUT2D eigenvalue weighted by molar-refractivity contribution is 14.1. The molecular weight excluding hydrogens is 383 g/mol. The number of alkyl halides is 1. The standard InChI is InChI=1S/C19H29IN2/c1-4-17(3)22(15-18-9-7-6-8-10-18)16-19(20)11-13-21(5-2)14-12-19/h6-10H,3-5,11-16H2,1-2H3. The molecule has 0 aliphatic carbocycles. The summed E-state index contributed by atoms with van der Waals surface area (Å²) in [6, 6.07) is 10.8. The van der Waals surface area contributed by atoms with Gasteiger partial charge in [-0.2, -0.15) is 0 Å². The molecule has 0 saturated carbocycles. The van der Waals surface area contributed by atoms with Crippen molar-refractivity contribution in [1.29, 1.82) is 0 Å². The molecule has 0 unspecified atom stereocenters. The van der Waals surface area contributed by atoms with Crippen molar-refractivity contribution in [2.75, 3.05) is 26.2 Å². The first-order valence-electron chi connectivity index (χ1n) is 8.44. The number of piperidine rings is 1. The van der Waals surface area contributed by atoms with Gasteiger partial charge in [0.2, 0.25) is 0 Å². The molecule has 0 bridgehead atoms. The Kier molecular flexibility index (Phi) is 6.75. The number of hydrogen-bond donors (Lipinski definition) is 0. The predicted octanol–water partition coefficient (Wildman–Crippen LogP) is 4.70. The van der Waals surface area contributed by atoms with Crippen LogP contribution in [0.5, 0.6) is 0 Å². The Hall–Kier alpha value is -0.550. The smallest absolute Gasteiger partial charge is 0.0426 e. The third-order valence-corrected chi connectivity index (χ3v) is 6.17. The Morgan fingerprint density at radius 3 is 2.41 bits per heavy atom. The first kappa shape index (κ1) is 17.8. The van der Waals surface area contributed by atoms with Crippen molar-refractivity contribution in [2.24, 2.45) is 0 Å². The van der Waals surface area contributed by atoms with E-state index in [0.717, 1.165) is 19.5 Å². The summed E-state index contributed by atoms with van der Waals surface area (Å²) in [7, 11) is 0. The minimum absolute atomic E-state index is 0.385. The molecule has 0 aromatic heterocycles. The zero-order valence-corrected chi connectivity index (χ0v) is 16.2. The number of benzene rings is 1. The van der Waals surface area contributed by atoms with Gasteiger partial charge >= 0.3 is 0 Å². The van der Waals surface area contributed by atoms with Gasteiger partial charge in [0.25, 0.3) is 0 Å². The third-order valence-electron chi connectivity index (χ3n) is 4.75. The van der Waals surface area contributed by atoms with Gasteiger partial charge in [-0.1, -0.05) is 73.3 Å². The van der Waals surface area contributed by atoms with Gasteiger partial charge in [-0.15, -0.1) is 0 Å². The molecule has 1 fully saturated rings. The molecule has 1 aliphatic heterocycles. The summed E-state index contributed by atoms with van der Waals surface area (Å²) >= 11 is 2.71. The van der Waals surface area contributed by atoms with Crippen LogP contribution in [0.15, 0.2) is 42.6 Å². The highest BCUT2D eigenvalue weighted by Gasteiger charge is 2.33. The van der Waals surface area contributed by atoms with Crippen LogP contribution in [0.2, 0.25) is 0 Å². The molecule has 22 heavy (non-hydrogen) atoms. The molecule has 1 aromatic rings. The summed E-state index contributed by atoms with van der Waals surface area (Å²) < 4.78 is 0.385. The fraction of sp³-hybridized carbons (Fsp3) is 0.579. The normalized spacial score (nSPS) is 18.1. The van der Waals surface area contributed by atoms with Crippen molar-refractivity contribution in [2.45, 2.75) is 43.1 Å². The number of hydrogen-bond acceptors (Lipinski definition) is 2. The van der Waals surface area contributed by atoms with E-state index in [9.17, 15) is 0 Å². The highest BCUT2D eigenvalue weighted by atomic mass is 127. The van der Waals surface area contributed by atoms with Crippen LogP contribution < -0.4 is 0 Å². The summed E-state index contributed by atoms with van der Waals surface area (Å²) in [5, 5.41) is 0. The SMILES string of the molecule is C=C(CC)N(Cc1ccccc1)CC1(I)CCN(CC)CC1. The molecule has 0 amide bonds. The van der Waals surface area contributed by atoms with Gasteiger partial charge in [0.05, 0.1) is 0 Å². The van der Waals surface area contributed by atoms with Crippen molar-refractivity contribution >= 4 is 22.6 Å². The van der Waals surface area contributed by atoms with Gasteiger partial charge in [-0.05, 0) is 44.5 Å². The summed E-state index contributed by atoms with van der Waals surface area (Å²) in [6.07, 6.45) is 3.59. The second-order valence-corrected chi connectivity index (χ2v) is 8.63. The maximum Gasteiger partial charge on any atom is 0.0426 e. The second-order valence-electron chi connectivity index (χ2n) is 6.35. The number of nitrogens with zero attached hydrogens (tertiary/aromatic N) is 2. The molecule has 2 rings (SSSR count). The molecule has 2 nitrogen and oxygen atoms in total. The van der Waals surface area contributed by atoms with Crippen molar-refractivity contribution < 1.29 is 0 Å². The van der Waals surface area contributed by atoms with Crippen LogP contribution >= 0.6 is 22.6 Å². The minimum Gasteiger partial charge on any atom is -0.370 e. The molecule has 1 aliphatic rings. The van der Waals surface area contributed by atoms with E-state index in [4.69, 9.17) is 0 Å². The Bertz CT molecular complexity index is 464. The Balaban J connectivity index is 2.02. The monoisotopic (exact) mass is 412 g/mol. The van der Waals surface area contributed by atoms with Crippen LogP contribution in [0, 0.1) is 0 Å². The van der Waals surface area contributed by atoms with E-state index in [1.54, 1.807) is 0 Å². The summed E-state index contributed by atoms with van der Waals surface area (Å²) in [5.74, 6) is 0. The predicted molar refractivity (Wildman–Crippen MR) is 104 cm³/mol. The van der Waals surface area contributed by atoms with E-state index in [0.29, 0.717) is 3.42 Å². The molecular formula is C19H29IN2. The molecule has 0 spiro atoms. The Morgan fingerprint density at radius 2 is 1.86 bits per heavy atom. The lowest BCUT2D eigenvalue weighted by Gasteiger charge is -2.41. The first-order valence-corrected chi connectivity index (χ1v) is 9.52. The second kappa shape index (κ2) is 8.34. The van der Waals surface area contributed by atoms with Crippen LogP contribution in [-0.4, -0.2) is 39.4 Å². The van der Waals surface area contributed by atoms with Gasteiger partial charge < -0.3 is 9.80 Å². The van der Waals surface area contributed by atoms with E-state index < -0.39 is 0 Å². The van der Waals surface area contributed by atoms with Crippen LogP contribution in [0.4, 0.5) is 0 Å². The van der Waals surface area contributed by atoms with Gasteiger partial charge in [0, 0.05) is 22.2 Å². The maximum absolute atomic E-state index is 4.31. The molecule has 0 radical (unpaired) electrons. The van der Waals surface area contributed by atoms with Crippen LogP contribution in [-0.2, 0) is 6.54 Å². The summed E-state index contributed by atoms with van der Waals surface area (Å²) in [4.78, 5) is 5.07. The highest BCUT2D eigenvalue weighted by Crippen LogP contribution is 2.34. The lowest BCUT2D eigenvalue weighted by Crippen LogP contribution is -2.46. The van der Waals surface area contributed by atoms with E-state index in [-0.39, 0.29) is 0 Å². The summed E-state index contributed by atoms with van der Waals surface area (Å²) in [6.45, 7) is 14.5. The number of halogens is 1. The Labute approximate surface area is 149 Å².